The maximum atomic E-state index is 12.1. The van der Waals surface area contributed by atoms with Crippen molar-refractivity contribution >= 4 is 11.7 Å². The molecular weight excluding hydrogens is 240 g/mol. The van der Waals surface area contributed by atoms with Crippen LogP contribution >= 0.6 is 0 Å². The van der Waals surface area contributed by atoms with Gasteiger partial charge in [-0.25, -0.2) is 4.79 Å². The molecule has 1 unspecified atom stereocenters. The largest absolute Gasteiger partial charge is 0.391 e. The number of anilines is 1. The fourth-order valence-corrected chi connectivity index (χ4v) is 2.99. The summed E-state index contributed by atoms with van der Waals surface area (Å²) in [6.07, 6.45) is 4.77. The SMILES string of the molecule is O=C(Nc1ccc2c(c1)CCC2)N1CCCC(O)C1. The third-order valence-corrected chi connectivity index (χ3v) is 4.03. The molecule has 0 saturated carbocycles. The molecule has 2 amide bonds. The molecule has 19 heavy (non-hydrogen) atoms. The van der Waals surface area contributed by atoms with Crippen molar-refractivity contribution in [1.82, 2.24) is 4.90 Å². The Morgan fingerprint density at radius 1 is 1.26 bits per heavy atom. The zero-order chi connectivity index (χ0) is 13.2. The van der Waals surface area contributed by atoms with Crippen LogP contribution in [0, 0.1) is 0 Å². The molecule has 1 atom stereocenters. The number of fused-ring (bicyclic) bond motifs is 1. The molecule has 1 aliphatic carbocycles. The van der Waals surface area contributed by atoms with E-state index in [0.717, 1.165) is 37.9 Å². The van der Waals surface area contributed by atoms with Crippen molar-refractivity contribution in [2.75, 3.05) is 18.4 Å². The molecule has 1 aromatic rings. The molecule has 2 aliphatic rings. The van der Waals surface area contributed by atoms with E-state index in [2.05, 4.69) is 17.4 Å². The minimum Gasteiger partial charge on any atom is -0.391 e. The van der Waals surface area contributed by atoms with Crippen LogP contribution in [0.4, 0.5) is 10.5 Å². The topological polar surface area (TPSA) is 52.6 Å². The normalized spacial score (nSPS) is 22.2. The Morgan fingerprint density at radius 2 is 2.11 bits per heavy atom. The zero-order valence-electron chi connectivity index (χ0n) is 11.1. The molecular formula is C15H20N2O2. The highest BCUT2D eigenvalue weighted by molar-refractivity contribution is 5.89. The van der Waals surface area contributed by atoms with Crippen LogP contribution in [-0.4, -0.2) is 35.2 Å². The first-order valence-corrected chi connectivity index (χ1v) is 7.08. The number of piperidine rings is 1. The Bertz CT molecular complexity index is 487. The Labute approximate surface area is 113 Å². The standard InChI is InChI=1S/C15H20N2O2/c18-14-5-2-8-17(10-14)15(19)16-13-7-6-11-3-1-4-12(11)9-13/h6-7,9,14,18H,1-5,8,10H2,(H,16,19). The summed E-state index contributed by atoms with van der Waals surface area (Å²) in [5.74, 6) is 0. The fourth-order valence-electron chi connectivity index (χ4n) is 2.99. The number of hydrogen-bond acceptors (Lipinski definition) is 2. The fraction of sp³-hybridized carbons (Fsp3) is 0.533. The van der Waals surface area contributed by atoms with Gasteiger partial charge in [0.15, 0.2) is 0 Å². The number of aliphatic hydroxyl groups excluding tert-OH is 1. The van der Waals surface area contributed by atoms with Gasteiger partial charge in [-0.1, -0.05) is 6.07 Å². The maximum absolute atomic E-state index is 12.1. The van der Waals surface area contributed by atoms with Gasteiger partial charge in [0.1, 0.15) is 0 Å². The van der Waals surface area contributed by atoms with Crippen molar-refractivity contribution in [3.05, 3.63) is 29.3 Å². The van der Waals surface area contributed by atoms with Crippen LogP contribution in [0.25, 0.3) is 0 Å². The first kappa shape index (κ1) is 12.5. The van der Waals surface area contributed by atoms with Gasteiger partial charge in [-0.15, -0.1) is 0 Å². The quantitative estimate of drug-likeness (QED) is 0.813. The lowest BCUT2D eigenvalue weighted by Gasteiger charge is -2.30. The maximum Gasteiger partial charge on any atom is 0.321 e. The summed E-state index contributed by atoms with van der Waals surface area (Å²) in [6, 6.07) is 6.07. The summed E-state index contributed by atoms with van der Waals surface area (Å²) in [5.41, 5.74) is 3.63. The summed E-state index contributed by atoms with van der Waals surface area (Å²) in [5, 5.41) is 12.5. The molecule has 1 heterocycles. The van der Waals surface area contributed by atoms with E-state index in [1.165, 1.54) is 17.5 Å². The predicted molar refractivity (Wildman–Crippen MR) is 74.3 cm³/mol. The van der Waals surface area contributed by atoms with E-state index in [-0.39, 0.29) is 12.1 Å². The summed E-state index contributed by atoms with van der Waals surface area (Å²) in [7, 11) is 0. The van der Waals surface area contributed by atoms with Crippen molar-refractivity contribution in [2.45, 2.75) is 38.2 Å². The molecule has 4 nitrogen and oxygen atoms in total. The zero-order valence-corrected chi connectivity index (χ0v) is 11.1. The monoisotopic (exact) mass is 260 g/mol. The first-order valence-electron chi connectivity index (χ1n) is 7.08. The Hall–Kier alpha value is -1.55. The van der Waals surface area contributed by atoms with Gasteiger partial charge in [0.05, 0.1) is 6.10 Å². The molecule has 1 saturated heterocycles. The number of urea groups is 1. The Balaban J connectivity index is 1.66. The summed E-state index contributed by atoms with van der Waals surface area (Å²) < 4.78 is 0. The second kappa shape index (κ2) is 5.21. The van der Waals surface area contributed by atoms with Gasteiger partial charge in [-0.2, -0.15) is 0 Å². The van der Waals surface area contributed by atoms with Crippen LogP contribution in [-0.2, 0) is 12.8 Å². The number of likely N-dealkylation sites (tertiary alicyclic amines) is 1. The van der Waals surface area contributed by atoms with Crippen molar-refractivity contribution in [1.29, 1.82) is 0 Å². The minimum atomic E-state index is -0.375. The molecule has 102 valence electrons. The number of nitrogens with one attached hydrogen (secondary N) is 1. The number of carbonyl (C=O) groups excluding carboxylic acids is 1. The van der Waals surface area contributed by atoms with Gasteiger partial charge in [-0.05, 0) is 55.4 Å². The molecule has 0 radical (unpaired) electrons. The van der Waals surface area contributed by atoms with Crippen molar-refractivity contribution in [2.24, 2.45) is 0 Å². The van der Waals surface area contributed by atoms with Crippen LogP contribution in [0.2, 0.25) is 0 Å². The van der Waals surface area contributed by atoms with E-state index < -0.39 is 0 Å². The van der Waals surface area contributed by atoms with Gasteiger partial charge < -0.3 is 15.3 Å². The van der Waals surface area contributed by atoms with E-state index in [4.69, 9.17) is 0 Å². The summed E-state index contributed by atoms with van der Waals surface area (Å²) >= 11 is 0. The number of aliphatic hydroxyl groups is 1. The molecule has 3 rings (SSSR count). The Morgan fingerprint density at radius 3 is 2.95 bits per heavy atom. The number of benzene rings is 1. The molecule has 1 aliphatic heterocycles. The number of rotatable bonds is 1. The van der Waals surface area contributed by atoms with E-state index >= 15 is 0 Å². The number of carbonyl (C=O) groups is 1. The second-order valence-electron chi connectivity index (χ2n) is 5.51. The number of hydrogen-bond donors (Lipinski definition) is 2. The van der Waals surface area contributed by atoms with E-state index in [1.807, 2.05) is 6.07 Å². The number of nitrogens with zero attached hydrogens (tertiary/aromatic N) is 1. The highest BCUT2D eigenvalue weighted by Gasteiger charge is 2.22. The van der Waals surface area contributed by atoms with Crippen LogP contribution in [0.1, 0.15) is 30.4 Å². The Kier molecular flexibility index (Phi) is 3.42. The average molecular weight is 260 g/mol. The lowest BCUT2D eigenvalue weighted by atomic mass is 10.1. The molecule has 0 spiro atoms. The smallest absolute Gasteiger partial charge is 0.321 e. The van der Waals surface area contributed by atoms with Crippen LogP contribution in [0.3, 0.4) is 0 Å². The van der Waals surface area contributed by atoms with Gasteiger partial charge in [-0.3, -0.25) is 0 Å². The highest BCUT2D eigenvalue weighted by Crippen LogP contribution is 2.25. The van der Waals surface area contributed by atoms with Gasteiger partial charge in [0.25, 0.3) is 0 Å². The van der Waals surface area contributed by atoms with E-state index in [1.54, 1.807) is 4.90 Å². The van der Waals surface area contributed by atoms with Crippen molar-refractivity contribution < 1.29 is 9.90 Å². The molecule has 2 N–H and O–H groups in total. The average Bonchev–Trinajstić information content (AvgIpc) is 2.86. The molecule has 4 heteroatoms. The lowest BCUT2D eigenvalue weighted by molar-refractivity contribution is 0.0883. The lowest BCUT2D eigenvalue weighted by Crippen LogP contribution is -2.44. The summed E-state index contributed by atoms with van der Waals surface area (Å²) in [6.45, 7) is 1.17. The first-order chi connectivity index (χ1) is 9.22. The van der Waals surface area contributed by atoms with E-state index in [0.29, 0.717) is 6.54 Å². The minimum absolute atomic E-state index is 0.100. The molecule has 1 fully saturated rings. The third-order valence-electron chi connectivity index (χ3n) is 4.03. The van der Waals surface area contributed by atoms with Crippen LogP contribution < -0.4 is 5.32 Å². The van der Waals surface area contributed by atoms with Gasteiger partial charge in [0.2, 0.25) is 0 Å². The number of amides is 2. The molecule has 1 aromatic carbocycles. The van der Waals surface area contributed by atoms with Crippen molar-refractivity contribution in [3.8, 4) is 0 Å². The molecule has 0 bridgehead atoms. The van der Waals surface area contributed by atoms with E-state index in [9.17, 15) is 9.90 Å². The number of aryl methyl sites for hydroxylation is 2. The van der Waals surface area contributed by atoms with Crippen LogP contribution in [0.15, 0.2) is 18.2 Å². The predicted octanol–water partition coefficient (Wildman–Crippen LogP) is 2.16. The summed E-state index contributed by atoms with van der Waals surface area (Å²) in [4.78, 5) is 13.8. The third kappa shape index (κ3) is 2.73. The second-order valence-corrected chi connectivity index (χ2v) is 5.51. The van der Waals surface area contributed by atoms with Gasteiger partial charge in [0, 0.05) is 18.8 Å². The highest BCUT2D eigenvalue weighted by atomic mass is 16.3. The number of β-amino-alcohol motifs (C(OH)–C–C–N with tert-alkyl or cyclic N) is 1. The van der Waals surface area contributed by atoms with Crippen molar-refractivity contribution in [3.63, 3.8) is 0 Å². The van der Waals surface area contributed by atoms with Crippen LogP contribution in [0.5, 0.6) is 0 Å². The molecule has 0 aromatic heterocycles. The van der Waals surface area contributed by atoms with Gasteiger partial charge >= 0.3 is 6.03 Å².